The van der Waals surface area contributed by atoms with Gasteiger partial charge >= 0.3 is 0 Å². The van der Waals surface area contributed by atoms with E-state index in [2.05, 4.69) is 10.3 Å². The second-order valence-electron chi connectivity index (χ2n) is 5.19. The molecule has 0 fully saturated rings. The number of carbonyl (C=O) groups is 1. The van der Waals surface area contributed by atoms with Crippen molar-refractivity contribution in [3.05, 3.63) is 53.7 Å². The van der Waals surface area contributed by atoms with Crippen molar-refractivity contribution in [2.45, 2.75) is 0 Å². The van der Waals surface area contributed by atoms with Crippen molar-refractivity contribution in [3.8, 4) is 11.5 Å². The number of fused-ring (bicyclic) bond motifs is 2. The number of nitrogens with one attached hydrogen (secondary N) is 2. The zero-order valence-electron chi connectivity index (χ0n) is 11.4. The SMILES string of the molecule is O=C1Nc2ccccc2C1=Cc1c[nH]c2c(O)cc(O)cc12. The molecule has 0 saturated carbocycles. The van der Waals surface area contributed by atoms with Gasteiger partial charge in [-0.1, -0.05) is 18.2 Å². The molecule has 1 aromatic heterocycles. The first kappa shape index (κ1) is 12.5. The van der Waals surface area contributed by atoms with Crippen molar-refractivity contribution in [1.29, 1.82) is 0 Å². The molecule has 1 aliphatic rings. The first-order valence-corrected chi connectivity index (χ1v) is 6.79. The molecule has 0 atom stereocenters. The highest BCUT2D eigenvalue weighted by Crippen LogP contribution is 2.36. The number of hydrogen-bond acceptors (Lipinski definition) is 3. The molecule has 0 spiro atoms. The molecule has 4 N–H and O–H groups in total. The number of aromatic hydroxyl groups is 2. The minimum atomic E-state index is -0.167. The summed E-state index contributed by atoms with van der Waals surface area (Å²) in [5, 5.41) is 23.0. The third-order valence-corrected chi connectivity index (χ3v) is 3.80. The molecule has 2 aromatic carbocycles. The van der Waals surface area contributed by atoms with Crippen LogP contribution in [0, 0.1) is 0 Å². The standard InChI is InChI=1S/C17H12N2O3/c20-10-6-12-9(8-18-16(12)15(21)7-10)5-13-11-3-1-2-4-14(11)19-17(13)22/h1-8,18,20-21H,(H,19,22). The Morgan fingerprint density at radius 2 is 1.91 bits per heavy atom. The zero-order chi connectivity index (χ0) is 15.3. The molecule has 0 saturated heterocycles. The molecule has 108 valence electrons. The Balaban J connectivity index is 1.92. The predicted molar refractivity (Wildman–Crippen MR) is 84.6 cm³/mol. The topological polar surface area (TPSA) is 85.4 Å². The highest BCUT2D eigenvalue weighted by Gasteiger charge is 2.23. The summed E-state index contributed by atoms with van der Waals surface area (Å²) in [4.78, 5) is 15.1. The van der Waals surface area contributed by atoms with Crippen molar-refractivity contribution >= 4 is 34.1 Å². The number of aromatic nitrogens is 1. The molecule has 0 aliphatic carbocycles. The summed E-state index contributed by atoms with van der Waals surface area (Å²) in [5.74, 6) is -0.226. The van der Waals surface area contributed by atoms with Crippen LogP contribution >= 0.6 is 0 Å². The molecule has 5 heteroatoms. The third-order valence-electron chi connectivity index (χ3n) is 3.80. The van der Waals surface area contributed by atoms with Crippen molar-refractivity contribution in [2.24, 2.45) is 0 Å². The Labute approximate surface area is 125 Å². The quantitative estimate of drug-likeness (QED) is 0.520. The number of para-hydroxylation sites is 1. The van der Waals surface area contributed by atoms with Gasteiger partial charge in [-0.3, -0.25) is 4.79 Å². The fourth-order valence-corrected chi connectivity index (χ4v) is 2.78. The summed E-state index contributed by atoms with van der Waals surface area (Å²) in [5.41, 5.74) is 3.43. The second kappa shape index (κ2) is 4.39. The number of anilines is 1. The number of carbonyl (C=O) groups excluding carboxylic acids is 1. The lowest BCUT2D eigenvalue weighted by Crippen LogP contribution is -2.03. The molecule has 1 aliphatic heterocycles. The third kappa shape index (κ3) is 1.76. The molecule has 4 rings (SSSR count). The number of H-pyrrole nitrogens is 1. The van der Waals surface area contributed by atoms with Crippen molar-refractivity contribution in [2.75, 3.05) is 5.32 Å². The van der Waals surface area contributed by atoms with E-state index in [-0.39, 0.29) is 17.4 Å². The van der Waals surface area contributed by atoms with E-state index in [9.17, 15) is 15.0 Å². The minimum absolute atomic E-state index is 0.0273. The van der Waals surface area contributed by atoms with Gasteiger partial charge in [0.05, 0.1) is 5.52 Å². The zero-order valence-corrected chi connectivity index (χ0v) is 11.4. The maximum Gasteiger partial charge on any atom is 0.256 e. The summed E-state index contributed by atoms with van der Waals surface area (Å²) in [6.45, 7) is 0. The van der Waals surface area contributed by atoms with Crippen LogP contribution in [-0.4, -0.2) is 21.1 Å². The van der Waals surface area contributed by atoms with Crippen LogP contribution < -0.4 is 5.32 Å². The molecule has 3 aromatic rings. The average Bonchev–Trinajstić information content (AvgIpc) is 3.02. The van der Waals surface area contributed by atoms with E-state index in [0.29, 0.717) is 16.5 Å². The first-order chi connectivity index (χ1) is 10.6. The Kier molecular flexibility index (Phi) is 2.50. The molecule has 1 amide bonds. The molecular weight excluding hydrogens is 280 g/mol. The summed E-state index contributed by atoms with van der Waals surface area (Å²) in [6, 6.07) is 10.3. The number of phenols is 2. The van der Waals surface area contributed by atoms with Crippen molar-refractivity contribution < 1.29 is 15.0 Å². The largest absolute Gasteiger partial charge is 0.508 e. The Morgan fingerprint density at radius 3 is 2.77 bits per heavy atom. The van der Waals surface area contributed by atoms with Gasteiger partial charge in [0.2, 0.25) is 0 Å². The average molecular weight is 292 g/mol. The second-order valence-corrected chi connectivity index (χ2v) is 5.19. The molecule has 0 bridgehead atoms. The van der Waals surface area contributed by atoms with Crippen molar-refractivity contribution in [3.63, 3.8) is 0 Å². The highest BCUT2D eigenvalue weighted by atomic mass is 16.3. The van der Waals surface area contributed by atoms with E-state index in [1.54, 1.807) is 18.3 Å². The summed E-state index contributed by atoms with van der Waals surface area (Å²) >= 11 is 0. The van der Waals surface area contributed by atoms with Crippen LogP contribution in [0.5, 0.6) is 11.5 Å². The first-order valence-electron chi connectivity index (χ1n) is 6.79. The number of hydrogen-bond donors (Lipinski definition) is 4. The van der Waals surface area contributed by atoms with E-state index in [1.165, 1.54) is 6.07 Å². The van der Waals surface area contributed by atoms with E-state index in [1.807, 2.05) is 24.3 Å². The summed E-state index contributed by atoms with van der Waals surface area (Å²) in [6.07, 6.45) is 3.45. The highest BCUT2D eigenvalue weighted by molar-refractivity contribution is 6.35. The molecular formula is C17H12N2O3. The number of rotatable bonds is 1. The predicted octanol–water partition coefficient (Wildman–Crippen LogP) is 3.07. The molecule has 22 heavy (non-hydrogen) atoms. The van der Waals surface area contributed by atoms with E-state index in [0.717, 1.165) is 16.8 Å². The van der Waals surface area contributed by atoms with Gasteiger partial charge in [0, 0.05) is 40.0 Å². The molecule has 0 radical (unpaired) electrons. The number of phenolic OH excluding ortho intramolecular Hbond substituents is 2. The van der Waals surface area contributed by atoms with Crippen LogP contribution in [0.25, 0.3) is 22.6 Å². The van der Waals surface area contributed by atoms with Crippen LogP contribution in [0.1, 0.15) is 11.1 Å². The smallest absolute Gasteiger partial charge is 0.256 e. The number of benzene rings is 2. The van der Waals surface area contributed by atoms with Gasteiger partial charge in [0.1, 0.15) is 11.5 Å². The van der Waals surface area contributed by atoms with Gasteiger partial charge in [-0.15, -0.1) is 0 Å². The lowest BCUT2D eigenvalue weighted by Gasteiger charge is -1.99. The molecule has 0 unspecified atom stereocenters. The van der Waals surface area contributed by atoms with Crippen LogP contribution in [0.4, 0.5) is 5.69 Å². The van der Waals surface area contributed by atoms with Gasteiger partial charge in [-0.25, -0.2) is 0 Å². The fraction of sp³-hybridized carbons (Fsp3) is 0. The van der Waals surface area contributed by atoms with Crippen LogP contribution in [0.15, 0.2) is 42.6 Å². The number of amides is 1. The maximum atomic E-state index is 12.1. The molecule has 2 heterocycles. The van der Waals surface area contributed by atoms with Gasteiger partial charge in [-0.05, 0) is 18.2 Å². The fourth-order valence-electron chi connectivity index (χ4n) is 2.78. The van der Waals surface area contributed by atoms with Gasteiger partial charge in [0.25, 0.3) is 5.91 Å². The van der Waals surface area contributed by atoms with E-state index < -0.39 is 0 Å². The van der Waals surface area contributed by atoms with Crippen LogP contribution in [0.3, 0.4) is 0 Å². The summed E-state index contributed by atoms with van der Waals surface area (Å²) < 4.78 is 0. The summed E-state index contributed by atoms with van der Waals surface area (Å²) in [7, 11) is 0. The molecule has 5 nitrogen and oxygen atoms in total. The Hall–Kier alpha value is -3.21. The van der Waals surface area contributed by atoms with Crippen molar-refractivity contribution in [1.82, 2.24) is 4.98 Å². The van der Waals surface area contributed by atoms with Crippen LogP contribution in [-0.2, 0) is 4.79 Å². The Morgan fingerprint density at radius 1 is 1.09 bits per heavy atom. The van der Waals surface area contributed by atoms with E-state index in [4.69, 9.17) is 0 Å². The lowest BCUT2D eigenvalue weighted by atomic mass is 10.0. The van der Waals surface area contributed by atoms with Gasteiger partial charge < -0.3 is 20.5 Å². The monoisotopic (exact) mass is 292 g/mol. The minimum Gasteiger partial charge on any atom is -0.508 e. The maximum absolute atomic E-state index is 12.1. The number of aromatic amines is 1. The van der Waals surface area contributed by atoms with Crippen LogP contribution in [0.2, 0.25) is 0 Å². The lowest BCUT2D eigenvalue weighted by molar-refractivity contribution is -0.110. The van der Waals surface area contributed by atoms with Gasteiger partial charge in [0.15, 0.2) is 0 Å². The van der Waals surface area contributed by atoms with Gasteiger partial charge in [-0.2, -0.15) is 0 Å². The Bertz CT molecular complexity index is 954. The normalized spacial score (nSPS) is 15.3. The van der Waals surface area contributed by atoms with E-state index >= 15 is 0 Å².